The summed E-state index contributed by atoms with van der Waals surface area (Å²) in [4.78, 5) is 19.9. The van der Waals surface area contributed by atoms with Crippen molar-refractivity contribution in [3.05, 3.63) is 52.9 Å². The van der Waals surface area contributed by atoms with Crippen molar-refractivity contribution in [3.8, 4) is 0 Å². The topological polar surface area (TPSA) is 63.1 Å². The third kappa shape index (κ3) is 4.41. The Morgan fingerprint density at radius 3 is 2.58 bits per heavy atom. The highest BCUT2D eigenvalue weighted by Gasteiger charge is 2.54. The highest BCUT2D eigenvalue weighted by molar-refractivity contribution is 6.32. The third-order valence-corrected chi connectivity index (χ3v) is 8.99. The van der Waals surface area contributed by atoms with Gasteiger partial charge in [-0.1, -0.05) is 24.9 Å². The lowest BCUT2D eigenvalue weighted by Crippen LogP contribution is -2.54. The molecular formula is C28H33ClFN5O. The molecule has 1 N–H and O–H groups in total. The van der Waals surface area contributed by atoms with Gasteiger partial charge < -0.3 is 5.32 Å². The number of nitrogens with one attached hydrogen (secondary N) is 1. The Kier molecular flexibility index (Phi) is 6.24. The van der Waals surface area contributed by atoms with Crippen molar-refractivity contribution in [2.75, 3.05) is 18.4 Å². The van der Waals surface area contributed by atoms with Crippen LogP contribution in [-0.2, 0) is 11.8 Å². The average Bonchev–Trinajstić information content (AvgIpc) is 3.44. The molecule has 6 nitrogen and oxygen atoms in total. The van der Waals surface area contributed by atoms with E-state index in [1.807, 2.05) is 31.6 Å². The monoisotopic (exact) mass is 509 g/mol. The Morgan fingerprint density at radius 2 is 1.92 bits per heavy atom. The van der Waals surface area contributed by atoms with Gasteiger partial charge in [0.2, 0.25) is 5.91 Å². The van der Waals surface area contributed by atoms with Crippen LogP contribution in [0.4, 0.5) is 10.2 Å². The molecular weight excluding hydrogens is 477 g/mol. The smallest absolute Gasteiger partial charge is 0.229 e. The molecule has 2 aliphatic carbocycles. The molecule has 36 heavy (non-hydrogen) atoms. The van der Waals surface area contributed by atoms with E-state index in [0.717, 1.165) is 53.5 Å². The standard InChI is InChI=1S/C28H33ClFN5O/c1-3-22-26(19-12-32-34(2)13-19)27(22)28(36)33-25-10-17-8-23(24(29)9-18(17)11-31-25)16-4-6-21(7-5-16)35-14-20(30)15-35/h8-13,16,20-22,26-27H,3-7,14-15H2,1-2H3,(H,31,33,36)/t16-,21-,22-,26+,27+/m0/s1. The maximum absolute atomic E-state index is 13.3. The lowest BCUT2D eigenvalue weighted by Gasteiger charge is -2.43. The minimum atomic E-state index is -0.644. The zero-order valence-electron chi connectivity index (χ0n) is 20.8. The maximum Gasteiger partial charge on any atom is 0.229 e. The number of hydrogen-bond donors (Lipinski definition) is 1. The molecule has 8 heteroatoms. The number of nitrogens with zero attached hydrogens (tertiary/aromatic N) is 4. The van der Waals surface area contributed by atoms with Crippen molar-refractivity contribution in [2.24, 2.45) is 18.9 Å². The highest BCUT2D eigenvalue weighted by Crippen LogP contribution is 2.56. The number of alkyl halides is 1. The summed E-state index contributed by atoms with van der Waals surface area (Å²) >= 11 is 6.71. The SMILES string of the molecule is CC[C@@H]1[C@@H](C(=O)Nc2cc3cc([C@H]4CC[C@H](N5CC(F)C5)CC4)c(Cl)cc3cn2)[C@@H]1c1cnn(C)c1. The van der Waals surface area contributed by atoms with Crippen molar-refractivity contribution < 1.29 is 9.18 Å². The summed E-state index contributed by atoms with van der Waals surface area (Å²) in [5, 5.41) is 10.1. The van der Waals surface area contributed by atoms with Gasteiger partial charge in [-0.15, -0.1) is 0 Å². The van der Waals surface area contributed by atoms with Crippen LogP contribution < -0.4 is 5.32 Å². The number of fused-ring (bicyclic) bond motifs is 1. The number of rotatable bonds is 6. The molecule has 1 saturated heterocycles. The molecule has 3 heterocycles. The zero-order valence-corrected chi connectivity index (χ0v) is 21.6. The number of anilines is 1. The summed E-state index contributed by atoms with van der Waals surface area (Å²) < 4.78 is 15.1. The molecule has 1 aliphatic heterocycles. The van der Waals surface area contributed by atoms with Gasteiger partial charge in [-0.05, 0) is 72.2 Å². The number of aromatic nitrogens is 3. The maximum atomic E-state index is 13.3. The van der Waals surface area contributed by atoms with Gasteiger partial charge in [0.15, 0.2) is 0 Å². The van der Waals surface area contributed by atoms with E-state index in [0.29, 0.717) is 36.8 Å². The lowest BCUT2D eigenvalue weighted by atomic mass is 9.80. The summed E-state index contributed by atoms with van der Waals surface area (Å²) in [6, 6.07) is 6.63. The van der Waals surface area contributed by atoms with Crippen molar-refractivity contribution in [2.45, 2.75) is 63.1 Å². The molecule has 2 saturated carbocycles. The number of halogens is 2. The number of likely N-dealkylation sites (tertiary alicyclic amines) is 1. The van der Waals surface area contributed by atoms with Crippen LogP contribution >= 0.6 is 11.6 Å². The van der Waals surface area contributed by atoms with Gasteiger partial charge in [0.25, 0.3) is 0 Å². The number of benzene rings is 1. The zero-order chi connectivity index (χ0) is 25.0. The van der Waals surface area contributed by atoms with Gasteiger partial charge in [-0.2, -0.15) is 5.10 Å². The van der Waals surface area contributed by atoms with Crippen molar-refractivity contribution in [1.29, 1.82) is 0 Å². The molecule has 190 valence electrons. The predicted molar refractivity (Wildman–Crippen MR) is 140 cm³/mol. The summed E-state index contributed by atoms with van der Waals surface area (Å²) in [6.07, 6.45) is 10.3. The Hall–Kier alpha value is -2.51. The second kappa shape index (κ2) is 9.42. The first-order chi connectivity index (χ1) is 17.4. The second-order valence-electron chi connectivity index (χ2n) is 10.9. The molecule has 0 spiro atoms. The number of carbonyl (C=O) groups excluding carboxylic acids is 1. The van der Waals surface area contributed by atoms with E-state index in [9.17, 15) is 9.18 Å². The molecule has 1 aromatic carbocycles. The second-order valence-corrected chi connectivity index (χ2v) is 11.3. The number of aryl methyl sites for hydroxylation is 1. The fraction of sp³-hybridized carbons (Fsp3) is 0.536. The van der Waals surface area contributed by atoms with E-state index in [1.54, 1.807) is 10.9 Å². The summed E-state index contributed by atoms with van der Waals surface area (Å²) in [5.41, 5.74) is 2.30. The van der Waals surface area contributed by atoms with Gasteiger partial charge in [0, 0.05) is 60.8 Å². The van der Waals surface area contributed by atoms with Crippen LogP contribution in [0, 0.1) is 11.8 Å². The lowest BCUT2D eigenvalue weighted by molar-refractivity contribution is -0.117. The molecule has 3 aromatic rings. The molecule has 3 atom stereocenters. The Labute approximate surface area is 216 Å². The van der Waals surface area contributed by atoms with Crippen LogP contribution in [0.2, 0.25) is 5.02 Å². The van der Waals surface area contributed by atoms with E-state index in [2.05, 4.69) is 33.3 Å². The quantitative estimate of drug-likeness (QED) is 0.464. The molecule has 0 bridgehead atoms. The Morgan fingerprint density at radius 1 is 1.14 bits per heavy atom. The van der Waals surface area contributed by atoms with Crippen molar-refractivity contribution >= 4 is 34.1 Å². The van der Waals surface area contributed by atoms with E-state index < -0.39 is 6.17 Å². The molecule has 3 aliphatic rings. The van der Waals surface area contributed by atoms with Crippen molar-refractivity contribution in [3.63, 3.8) is 0 Å². The van der Waals surface area contributed by atoms with E-state index in [1.165, 1.54) is 5.56 Å². The number of hydrogen-bond acceptors (Lipinski definition) is 4. The first-order valence-electron chi connectivity index (χ1n) is 13.2. The van der Waals surface area contributed by atoms with Crippen LogP contribution in [-0.4, -0.2) is 50.9 Å². The largest absolute Gasteiger partial charge is 0.310 e. The number of pyridine rings is 1. The van der Waals surface area contributed by atoms with E-state index in [-0.39, 0.29) is 17.7 Å². The number of amides is 1. The van der Waals surface area contributed by atoms with Gasteiger partial charge in [0.05, 0.1) is 6.20 Å². The average molecular weight is 510 g/mol. The molecule has 6 rings (SSSR count). The van der Waals surface area contributed by atoms with Gasteiger partial charge in [0.1, 0.15) is 12.0 Å². The normalized spacial score (nSPS) is 28.7. The highest BCUT2D eigenvalue weighted by atomic mass is 35.5. The minimum absolute atomic E-state index is 0.0246. The summed E-state index contributed by atoms with van der Waals surface area (Å²) in [6.45, 7) is 3.32. The van der Waals surface area contributed by atoms with Crippen LogP contribution in [0.1, 0.15) is 62.0 Å². The minimum Gasteiger partial charge on any atom is -0.310 e. The van der Waals surface area contributed by atoms with Gasteiger partial charge in [-0.25, -0.2) is 9.37 Å². The first kappa shape index (κ1) is 23.9. The van der Waals surface area contributed by atoms with Crippen LogP contribution in [0.5, 0.6) is 0 Å². The Bertz CT molecular complexity index is 1280. The van der Waals surface area contributed by atoms with Crippen LogP contribution in [0.3, 0.4) is 0 Å². The number of carbonyl (C=O) groups is 1. The van der Waals surface area contributed by atoms with Crippen LogP contribution in [0.15, 0.2) is 36.8 Å². The summed E-state index contributed by atoms with van der Waals surface area (Å²) in [7, 11) is 1.90. The molecule has 3 fully saturated rings. The summed E-state index contributed by atoms with van der Waals surface area (Å²) in [5.74, 6) is 1.51. The fourth-order valence-electron chi connectivity index (χ4n) is 6.59. The molecule has 0 radical (unpaired) electrons. The third-order valence-electron chi connectivity index (χ3n) is 8.66. The van der Waals surface area contributed by atoms with Crippen LogP contribution in [0.25, 0.3) is 10.8 Å². The van der Waals surface area contributed by atoms with Crippen molar-refractivity contribution in [1.82, 2.24) is 19.7 Å². The van der Waals surface area contributed by atoms with E-state index in [4.69, 9.17) is 11.6 Å². The molecule has 1 amide bonds. The van der Waals surface area contributed by atoms with Gasteiger partial charge >= 0.3 is 0 Å². The fourth-order valence-corrected chi connectivity index (χ4v) is 6.91. The van der Waals surface area contributed by atoms with E-state index >= 15 is 0 Å². The molecule has 0 unspecified atom stereocenters. The predicted octanol–water partition coefficient (Wildman–Crippen LogP) is 5.68. The molecule has 2 aromatic heterocycles. The first-order valence-corrected chi connectivity index (χ1v) is 13.6. The van der Waals surface area contributed by atoms with Gasteiger partial charge in [-0.3, -0.25) is 14.4 Å². The Balaban J connectivity index is 1.16.